The van der Waals surface area contributed by atoms with Crippen LogP contribution in [0.25, 0.3) is 0 Å². The van der Waals surface area contributed by atoms with Crippen LogP contribution in [0.1, 0.15) is 39.0 Å². The van der Waals surface area contributed by atoms with Gasteiger partial charge in [-0.05, 0) is 44.6 Å². The van der Waals surface area contributed by atoms with E-state index < -0.39 is 0 Å². The third-order valence-electron chi connectivity index (χ3n) is 4.37. The van der Waals surface area contributed by atoms with Crippen LogP contribution in [0.5, 0.6) is 0 Å². The Morgan fingerprint density at radius 3 is 2.94 bits per heavy atom. The molecule has 2 N–H and O–H groups in total. The van der Waals surface area contributed by atoms with Gasteiger partial charge in [0.25, 0.3) is 0 Å². The number of carbonyl (C=O) groups excluding carboxylic acids is 1. The zero-order chi connectivity index (χ0) is 13.0. The van der Waals surface area contributed by atoms with E-state index >= 15 is 0 Å². The molecule has 3 unspecified atom stereocenters. The van der Waals surface area contributed by atoms with Crippen LogP contribution in [-0.2, 0) is 9.53 Å². The first-order valence-electron chi connectivity index (χ1n) is 7.32. The number of hydrogen-bond donors (Lipinski definition) is 1. The number of amides is 1. The van der Waals surface area contributed by atoms with Gasteiger partial charge in [0, 0.05) is 31.7 Å². The third kappa shape index (κ3) is 3.04. The first-order valence-corrected chi connectivity index (χ1v) is 7.32. The minimum Gasteiger partial charge on any atom is -0.381 e. The van der Waals surface area contributed by atoms with Gasteiger partial charge in [0.05, 0.1) is 0 Å². The summed E-state index contributed by atoms with van der Waals surface area (Å²) in [5.74, 6) is 0.868. The Kier molecular flexibility index (Phi) is 5.01. The third-order valence-corrected chi connectivity index (χ3v) is 4.37. The number of piperidine rings is 1. The number of ether oxygens (including phenoxy) is 1. The molecular weight excluding hydrogens is 228 g/mol. The molecule has 104 valence electrons. The van der Waals surface area contributed by atoms with Crippen LogP contribution in [0.15, 0.2) is 0 Å². The Bertz CT molecular complexity index is 281. The maximum Gasteiger partial charge on any atom is 0.226 e. The summed E-state index contributed by atoms with van der Waals surface area (Å²) in [6.45, 7) is 5.19. The van der Waals surface area contributed by atoms with Gasteiger partial charge in [0.2, 0.25) is 5.91 Å². The molecular formula is C14H26N2O2. The maximum atomic E-state index is 12.7. The Balaban J connectivity index is 2.00. The summed E-state index contributed by atoms with van der Waals surface area (Å²) < 4.78 is 5.43. The summed E-state index contributed by atoms with van der Waals surface area (Å²) in [6, 6.07) is 0.381. The van der Waals surface area contributed by atoms with E-state index in [1.54, 1.807) is 0 Å². The van der Waals surface area contributed by atoms with E-state index in [4.69, 9.17) is 10.5 Å². The normalized spacial score (nSPS) is 33.4. The predicted molar refractivity (Wildman–Crippen MR) is 71.1 cm³/mol. The van der Waals surface area contributed by atoms with Crippen molar-refractivity contribution in [2.45, 2.75) is 45.1 Å². The largest absolute Gasteiger partial charge is 0.381 e. The lowest BCUT2D eigenvalue weighted by Crippen LogP contribution is -2.49. The van der Waals surface area contributed by atoms with Gasteiger partial charge in [0.15, 0.2) is 0 Å². The highest BCUT2D eigenvalue weighted by Crippen LogP contribution is 2.28. The first-order chi connectivity index (χ1) is 8.74. The highest BCUT2D eigenvalue weighted by atomic mass is 16.5. The van der Waals surface area contributed by atoms with Crippen LogP contribution in [0.2, 0.25) is 0 Å². The van der Waals surface area contributed by atoms with Gasteiger partial charge < -0.3 is 15.4 Å². The fraction of sp³-hybridized carbons (Fsp3) is 0.929. The molecule has 0 radical (unpaired) electrons. The van der Waals surface area contributed by atoms with Crippen LogP contribution >= 0.6 is 0 Å². The quantitative estimate of drug-likeness (QED) is 0.828. The SMILES string of the molecule is CC1COCCC1C(=O)N1CCCCC1CCN. The van der Waals surface area contributed by atoms with Gasteiger partial charge in [-0.1, -0.05) is 6.92 Å². The Hall–Kier alpha value is -0.610. The summed E-state index contributed by atoms with van der Waals surface area (Å²) >= 11 is 0. The summed E-state index contributed by atoms with van der Waals surface area (Å²) in [5.41, 5.74) is 5.67. The van der Waals surface area contributed by atoms with Crippen molar-refractivity contribution < 1.29 is 9.53 Å². The molecule has 3 atom stereocenters. The Morgan fingerprint density at radius 1 is 1.39 bits per heavy atom. The number of carbonyl (C=O) groups is 1. The van der Waals surface area contributed by atoms with Gasteiger partial charge in [-0.25, -0.2) is 0 Å². The van der Waals surface area contributed by atoms with Gasteiger partial charge in [-0.2, -0.15) is 0 Å². The highest BCUT2D eigenvalue weighted by Gasteiger charge is 2.35. The zero-order valence-corrected chi connectivity index (χ0v) is 11.4. The topological polar surface area (TPSA) is 55.6 Å². The second-order valence-electron chi connectivity index (χ2n) is 5.71. The predicted octanol–water partition coefficient (Wildman–Crippen LogP) is 1.39. The summed E-state index contributed by atoms with van der Waals surface area (Å²) in [6.07, 6.45) is 5.33. The van der Waals surface area contributed by atoms with Crippen molar-refractivity contribution in [2.24, 2.45) is 17.6 Å². The highest BCUT2D eigenvalue weighted by molar-refractivity contribution is 5.79. The molecule has 18 heavy (non-hydrogen) atoms. The molecule has 0 aliphatic carbocycles. The van der Waals surface area contributed by atoms with Gasteiger partial charge >= 0.3 is 0 Å². The van der Waals surface area contributed by atoms with E-state index in [-0.39, 0.29) is 5.92 Å². The standard InChI is InChI=1S/C14H26N2O2/c1-11-10-18-9-6-13(11)14(17)16-8-3-2-4-12(16)5-7-15/h11-13H,2-10,15H2,1H3. The van der Waals surface area contributed by atoms with Crippen molar-refractivity contribution in [3.8, 4) is 0 Å². The fourth-order valence-corrected chi connectivity index (χ4v) is 3.24. The lowest BCUT2D eigenvalue weighted by atomic mass is 9.87. The average Bonchev–Trinajstić information content (AvgIpc) is 2.40. The molecule has 2 rings (SSSR count). The molecule has 4 nitrogen and oxygen atoms in total. The molecule has 0 aromatic carbocycles. The Labute approximate surface area is 110 Å². The second kappa shape index (κ2) is 6.53. The molecule has 0 aromatic rings. The van der Waals surface area contributed by atoms with Crippen molar-refractivity contribution in [3.05, 3.63) is 0 Å². The summed E-state index contributed by atoms with van der Waals surface area (Å²) in [4.78, 5) is 14.8. The maximum absolute atomic E-state index is 12.7. The van der Waals surface area contributed by atoms with E-state index in [0.717, 1.165) is 45.4 Å². The Morgan fingerprint density at radius 2 is 2.22 bits per heavy atom. The minimum absolute atomic E-state index is 0.164. The van der Waals surface area contributed by atoms with Gasteiger partial charge in [0.1, 0.15) is 0 Å². The molecule has 2 heterocycles. The molecule has 2 aliphatic rings. The smallest absolute Gasteiger partial charge is 0.226 e. The van der Waals surface area contributed by atoms with Gasteiger partial charge in [-0.3, -0.25) is 4.79 Å². The van der Waals surface area contributed by atoms with Crippen LogP contribution in [-0.4, -0.2) is 43.2 Å². The number of hydrogen-bond acceptors (Lipinski definition) is 3. The number of rotatable bonds is 3. The van der Waals surface area contributed by atoms with Crippen LogP contribution in [0.3, 0.4) is 0 Å². The van der Waals surface area contributed by atoms with Crippen molar-refractivity contribution in [1.82, 2.24) is 4.90 Å². The molecule has 2 fully saturated rings. The number of nitrogens with zero attached hydrogens (tertiary/aromatic N) is 1. The molecule has 2 saturated heterocycles. The van der Waals surface area contributed by atoms with Gasteiger partial charge in [-0.15, -0.1) is 0 Å². The van der Waals surface area contributed by atoms with Crippen LogP contribution in [0.4, 0.5) is 0 Å². The summed E-state index contributed by atoms with van der Waals surface area (Å²) in [7, 11) is 0. The molecule has 0 aromatic heterocycles. The number of nitrogens with two attached hydrogens (primary N) is 1. The van der Waals surface area contributed by atoms with E-state index in [1.165, 1.54) is 6.42 Å². The average molecular weight is 254 g/mol. The van der Waals surface area contributed by atoms with E-state index in [9.17, 15) is 4.79 Å². The van der Waals surface area contributed by atoms with Crippen molar-refractivity contribution >= 4 is 5.91 Å². The molecule has 0 spiro atoms. The summed E-state index contributed by atoms with van der Waals surface area (Å²) in [5, 5.41) is 0. The number of likely N-dealkylation sites (tertiary alicyclic amines) is 1. The van der Waals surface area contributed by atoms with E-state index in [0.29, 0.717) is 24.4 Å². The zero-order valence-electron chi connectivity index (χ0n) is 11.4. The van der Waals surface area contributed by atoms with E-state index in [1.807, 2.05) is 0 Å². The van der Waals surface area contributed by atoms with Crippen molar-refractivity contribution in [1.29, 1.82) is 0 Å². The second-order valence-corrected chi connectivity index (χ2v) is 5.71. The molecule has 1 amide bonds. The molecule has 0 saturated carbocycles. The van der Waals surface area contributed by atoms with Crippen LogP contribution in [0, 0.1) is 11.8 Å². The lowest BCUT2D eigenvalue weighted by Gasteiger charge is -2.40. The molecule has 0 bridgehead atoms. The van der Waals surface area contributed by atoms with E-state index in [2.05, 4.69) is 11.8 Å². The van der Waals surface area contributed by atoms with Crippen molar-refractivity contribution in [3.63, 3.8) is 0 Å². The fourth-order valence-electron chi connectivity index (χ4n) is 3.24. The molecule has 2 aliphatic heterocycles. The monoisotopic (exact) mass is 254 g/mol. The molecule has 4 heteroatoms. The van der Waals surface area contributed by atoms with Crippen LogP contribution < -0.4 is 5.73 Å². The van der Waals surface area contributed by atoms with Crippen molar-refractivity contribution in [2.75, 3.05) is 26.3 Å². The first kappa shape index (κ1) is 13.8. The minimum atomic E-state index is 0.164. The lowest BCUT2D eigenvalue weighted by molar-refractivity contribution is -0.145.